The van der Waals surface area contributed by atoms with Gasteiger partial charge in [-0.3, -0.25) is 0 Å². The highest BCUT2D eigenvalue weighted by molar-refractivity contribution is 4.75. The van der Waals surface area contributed by atoms with Crippen LogP contribution in [0.15, 0.2) is 0 Å². The lowest BCUT2D eigenvalue weighted by Gasteiger charge is -2.20. The van der Waals surface area contributed by atoms with Crippen molar-refractivity contribution in [2.45, 2.75) is 19.4 Å². The molecule has 0 bridgehead atoms. The first-order valence-corrected chi connectivity index (χ1v) is 5.16. The number of likely N-dealkylation sites (N-methyl/N-ethyl adjacent to an activating group) is 1. The van der Waals surface area contributed by atoms with Crippen molar-refractivity contribution in [3.05, 3.63) is 0 Å². The van der Waals surface area contributed by atoms with Crippen molar-refractivity contribution in [2.75, 3.05) is 40.4 Å². The van der Waals surface area contributed by atoms with E-state index in [4.69, 9.17) is 4.74 Å². The third-order valence-corrected chi connectivity index (χ3v) is 2.70. The van der Waals surface area contributed by atoms with Crippen LogP contribution in [0.3, 0.4) is 0 Å². The minimum atomic E-state index is 0.599. The zero-order chi connectivity index (χ0) is 9.68. The first-order valence-electron chi connectivity index (χ1n) is 5.16. The van der Waals surface area contributed by atoms with Gasteiger partial charge in [0.05, 0.1) is 6.61 Å². The lowest BCUT2D eigenvalue weighted by molar-refractivity contribution is 0.178. The number of hydrogen-bond donors (Lipinski definition) is 1. The van der Waals surface area contributed by atoms with Crippen LogP contribution in [0.4, 0.5) is 0 Å². The van der Waals surface area contributed by atoms with Gasteiger partial charge >= 0.3 is 0 Å². The third kappa shape index (κ3) is 4.07. The molecule has 1 aliphatic heterocycles. The van der Waals surface area contributed by atoms with Crippen LogP contribution in [0.25, 0.3) is 0 Å². The van der Waals surface area contributed by atoms with E-state index in [0.29, 0.717) is 6.04 Å². The molecule has 2 unspecified atom stereocenters. The predicted octanol–water partition coefficient (Wildman–Crippen LogP) is 0.563. The molecular weight excluding hydrogens is 164 g/mol. The molecule has 0 aromatic heterocycles. The second-order valence-corrected chi connectivity index (χ2v) is 4.17. The van der Waals surface area contributed by atoms with Crippen molar-refractivity contribution in [3.8, 4) is 0 Å². The fourth-order valence-electron chi connectivity index (χ4n) is 1.63. The molecule has 13 heavy (non-hydrogen) atoms. The standard InChI is InChI=1S/C10H22N2O/c1-9(10-4-7-13-8-10)11-5-6-12(2)3/h9-11H,4-8H2,1-3H3. The summed E-state index contributed by atoms with van der Waals surface area (Å²) in [6.07, 6.45) is 1.22. The van der Waals surface area contributed by atoms with Gasteiger partial charge < -0.3 is 15.0 Å². The van der Waals surface area contributed by atoms with Crippen molar-refractivity contribution in [2.24, 2.45) is 5.92 Å². The molecule has 0 aromatic rings. The van der Waals surface area contributed by atoms with E-state index >= 15 is 0 Å². The highest BCUT2D eigenvalue weighted by atomic mass is 16.5. The van der Waals surface area contributed by atoms with Gasteiger partial charge in [0.2, 0.25) is 0 Å². The number of ether oxygens (including phenoxy) is 1. The fourth-order valence-corrected chi connectivity index (χ4v) is 1.63. The molecule has 3 heteroatoms. The molecule has 0 spiro atoms. The van der Waals surface area contributed by atoms with Crippen LogP contribution in [0.2, 0.25) is 0 Å². The number of rotatable bonds is 5. The Bertz CT molecular complexity index is 133. The Labute approximate surface area is 81.4 Å². The van der Waals surface area contributed by atoms with E-state index in [1.165, 1.54) is 6.42 Å². The summed E-state index contributed by atoms with van der Waals surface area (Å²) in [5.41, 5.74) is 0. The van der Waals surface area contributed by atoms with Crippen molar-refractivity contribution < 1.29 is 4.74 Å². The average molecular weight is 186 g/mol. The van der Waals surface area contributed by atoms with Gasteiger partial charge in [0.15, 0.2) is 0 Å². The first-order chi connectivity index (χ1) is 6.20. The Kier molecular flexibility index (Phi) is 4.70. The maximum Gasteiger partial charge on any atom is 0.0509 e. The van der Waals surface area contributed by atoms with Crippen LogP contribution in [-0.4, -0.2) is 51.3 Å². The van der Waals surface area contributed by atoms with Gasteiger partial charge in [-0.15, -0.1) is 0 Å². The zero-order valence-corrected chi connectivity index (χ0v) is 9.05. The average Bonchev–Trinajstić information content (AvgIpc) is 2.55. The number of nitrogens with one attached hydrogen (secondary N) is 1. The molecule has 1 aliphatic rings. The molecule has 1 N–H and O–H groups in total. The fraction of sp³-hybridized carbons (Fsp3) is 1.00. The molecule has 1 heterocycles. The largest absolute Gasteiger partial charge is 0.381 e. The van der Waals surface area contributed by atoms with E-state index < -0.39 is 0 Å². The molecule has 78 valence electrons. The van der Waals surface area contributed by atoms with Gasteiger partial charge in [-0.2, -0.15) is 0 Å². The SMILES string of the molecule is CC(NCCN(C)C)C1CCOC1. The monoisotopic (exact) mass is 186 g/mol. The van der Waals surface area contributed by atoms with Gasteiger partial charge in [-0.25, -0.2) is 0 Å². The topological polar surface area (TPSA) is 24.5 Å². The van der Waals surface area contributed by atoms with E-state index in [1.54, 1.807) is 0 Å². The van der Waals surface area contributed by atoms with Gasteiger partial charge in [0.1, 0.15) is 0 Å². The third-order valence-electron chi connectivity index (χ3n) is 2.70. The first kappa shape index (κ1) is 11.0. The van der Waals surface area contributed by atoms with Crippen LogP contribution >= 0.6 is 0 Å². The van der Waals surface area contributed by atoms with Crippen molar-refractivity contribution >= 4 is 0 Å². The maximum absolute atomic E-state index is 5.36. The number of hydrogen-bond acceptors (Lipinski definition) is 3. The minimum absolute atomic E-state index is 0.599. The Hall–Kier alpha value is -0.120. The van der Waals surface area contributed by atoms with E-state index in [9.17, 15) is 0 Å². The highest BCUT2D eigenvalue weighted by Crippen LogP contribution is 2.15. The second kappa shape index (κ2) is 5.58. The van der Waals surface area contributed by atoms with Gasteiger partial charge in [-0.05, 0) is 33.4 Å². The predicted molar refractivity (Wildman–Crippen MR) is 54.9 cm³/mol. The van der Waals surface area contributed by atoms with Gasteiger partial charge in [0.25, 0.3) is 0 Å². The van der Waals surface area contributed by atoms with E-state index in [2.05, 4.69) is 31.2 Å². The van der Waals surface area contributed by atoms with Crippen LogP contribution < -0.4 is 5.32 Å². The van der Waals surface area contributed by atoms with Crippen molar-refractivity contribution in [1.82, 2.24) is 10.2 Å². The Balaban J connectivity index is 2.06. The molecule has 3 nitrogen and oxygen atoms in total. The molecule has 0 aromatic carbocycles. The number of nitrogens with zero attached hydrogens (tertiary/aromatic N) is 1. The summed E-state index contributed by atoms with van der Waals surface area (Å²) in [5, 5.41) is 3.53. The van der Waals surface area contributed by atoms with E-state index in [1.807, 2.05) is 0 Å². The van der Waals surface area contributed by atoms with Crippen LogP contribution in [0.5, 0.6) is 0 Å². The van der Waals surface area contributed by atoms with Crippen LogP contribution in [0.1, 0.15) is 13.3 Å². The Morgan fingerprint density at radius 3 is 2.85 bits per heavy atom. The van der Waals surface area contributed by atoms with Crippen molar-refractivity contribution in [1.29, 1.82) is 0 Å². The van der Waals surface area contributed by atoms with Crippen LogP contribution in [0, 0.1) is 5.92 Å². The Morgan fingerprint density at radius 2 is 2.31 bits per heavy atom. The Morgan fingerprint density at radius 1 is 1.54 bits per heavy atom. The lowest BCUT2D eigenvalue weighted by Crippen LogP contribution is -2.37. The maximum atomic E-state index is 5.36. The lowest BCUT2D eigenvalue weighted by atomic mass is 10.0. The molecule has 2 atom stereocenters. The molecule has 1 fully saturated rings. The summed E-state index contributed by atoms with van der Waals surface area (Å²) in [5.74, 6) is 0.724. The van der Waals surface area contributed by atoms with Gasteiger partial charge in [-0.1, -0.05) is 0 Å². The second-order valence-electron chi connectivity index (χ2n) is 4.17. The molecular formula is C10H22N2O. The summed E-state index contributed by atoms with van der Waals surface area (Å²) in [4.78, 5) is 2.20. The molecule has 1 saturated heterocycles. The smallest absolute Gasteiger partial charge is 0.0509 e. The summed E-state index contributed by atoms with van der Waals surface area (Å²) in [7, 11) is 4.20. The minimum Gasteiger partial charge on any atom is -0.381 e. The van der Waals surface area contributed by atoms with Crippen molar-refractivity contribution in [3.63, 3.8) is 0 Å². The normalized spacial score (nSPS) is 25.4. The molecule has 0 aliphatic carbocycles. The summed E-state index contributed by atoms with van der Waals surface area (Å²) in [6, 6.07) is 0.599. The molecule has 1 rings (SSSR count). The quantitative estimate of drug-likeness (QED) is 0.679. The summed E-state index contributed by atoms with van der Waals surface area (Å²) in [6.45, 7) is 6.33. The van der Waals surface area contributed by atoms with Gasteiger partial charge in [0, 0.05) is 25.7 Å². The summed E-state index contributed by atoms with van der Waals surface area (Å²) >= 11 is 0. The molecule has 0 amide bonds. The summed E-state index contributed by atoms with van der Waals surface area (Å²) < 4.78 is 5.36. The highest BCUT2D eigenvalue weighted by Gasteiger charge is 2.21. The van der Waals surface area contributed by atoms with Crippen LogP contribution in [-0.2, 0) is 4.74 Å². The van der Waals surface area contributed by atoms with E-state index in [0.717, 1.165) is 32.2 Å². The zero-order valence-electron chi connectivity index (χ0n) is 9.05. The molecule has 0 radical (unpaired) electrons. The molecule has 0 saturated carbocycles. The van der Waals surface area contributed by atoms with E-state index in [-0.39, 0.29) is 0 Å².